The van der Waals surface area contributed by atoms with Gasteiger partial charge in [-0.2, -0.15) is 0 Å². The van der Waals surface area contributed by atoms with Crippen LogP contribution in [0, 0.1) is 6.92 Å². The van der Waals surface area contributed by atoms with Crippen LogP contribution < -0.4 is 4.57 Å². The second kappa shape index (κ2) is 3.70. The minimum Gasteiger partial charge on any atom is -0.456 e. The van der Waals surface area contributed by atoms with Crippen molar-refractivity contribution in [1.82, 2.24) is 4.98 Å². The molecule has 0 saturated carbocycles. The van der Waals surface area contributed by atoms with Gasteiger partial charge in [-0.25, -0.2) is 4.57 Å². The summed E-state index contributed by atoms with van der Waals surface area (Å²) >= 11 is 0. The molecule has 0 atom stereocenters. The monoisotopic (exact) mass is 225 g/mol. The second-order valence-electron chi connectivity index (χ2n) is 4.15. The van der Waals surface area contributed by atoms with Crippen molar-refractivity contribution in [3.8, 4) is 11.3 Å². The molecule has 0 aliphatic rings. The number of rotatable bonds is 1. The fourth-order valence-corrected chi connectivity index (χ4v) is 2.10. The Morgan fingerprint density at radius 3 is 2.82 bits per heavy atom. The van der Waals surface area contributed by atoms with E-state index in [0.717, 1.165) is 16.8 Å². The molecule has 0 amide bonds. The summed E-state index contributed by atoms with van der Waals surface area (Å²) in [6.45, 7) is 2.10. The Bertz CT molecular complexity index is 686. The summed E-state index contributed by atoms with van der Waals surface area (Å²) in [5.74, 6) is 0. The van der Waals surface area contributed by atoms with E-state index in [9.17, 15) is 0 Å². The molecule has 3 heteroatoms. The quantitative estimate of drug-likeness (QED) is 0.596. The molecule has 3 nitrogen and oxygen atoms in total. The third-order valence-electron chi connectivity index (χ3n) is 2.98. The van der Waals surface area contributed by atoms with Crippen LogP contribution in [0.5, 0.6) is 0 Å². The average molecular weight is 225 g/mol. The Kier molecular flexibility index (Phi) is 2.18. The first-order valence-electron chi connectivity index (χ1n) is 5.55. The summed E-state index contributed by atoms with van der Waals surface area (Å²) in [4.78, 5) is 4.33. The first-order chi connectivity index (χ1) is 8.27. The molecule has 2 heterocycles. The molecule has 3 aromatic rings. The number of nitrogens with zero attached hydrogens (tertiary/aromatic N) is 2. The van der Waals surface area contributed by atoms with Crippen LogP contribution in [-0.4, -0.2) is 4.98 Å². The lowest BCUT2D eigenvalue weighted by atomic mass is 10.0. The van der Waals surface area contributed by atoms with Crippen LogP contribution in [0.3, 0.4) is 0 Å². The molecule has 0 fully saturated rings. The third kappa shape index (κ3) is 1.51. The van der Waals surface area contributed by atoms with Crippen LogP contribution in [0.4, 0.5) is 0 Å². The van der Waals surface area contributed by atoms with Crippen LogP contribution in [0.25, 0.3) is 22.4 Å². The van der Waals surface area contributed by atoms with Crippen molar-refractivity contribution in [2.24, 2.45) is 7.05 Å². The zero-order chi connectivity index (χ0) is 11.8. The van der Waals surface area contributed by atoms with Gasteiger partial charge >= 0.3 is 0 Å². The fourth-order valence-electron chi connectivity index (χ4n) is 2.10. The van der Waals surface area contributed by atoms with Gasteiger partial charge in [0.25, 0.3) is 6.33 Å². The number of aryl methyl sites for hydroxylation is 2. The Morgan fingerprint density at radius 1 is 1.18 bits per heavy atom. The number of benzene rings is 1. The predicted molar refractivity (Wildman–Crippen MR) is 65.4 cm³/mol. The van der Waals surface area contributed by atoms with Crippen LogP contribution in [0.1, 0.15) is 5.56 Å². The predicted octanol–water partition coefficient (Wildman–Crippen LogP) is 2.63. The fraction of sp³-hybridized carbons (Fsp3) is 0.143. The lowest BCUT2D eigenvalue weighted by Gasteiger charge is -2.05. The summed E-state index contributed by atoms with van der Waals surface area (Å²) in [5, 5.41) is 0. The van der Waals surface area contributed by atoms with Crippen molar-refractivity contribution in [2.75, 3.05) is 0 Å². The lowest BCUT2D eigenvalue weighted by molar-refractivity contribution is -0.662. The largest absolute Gasteiger partial charge is 0.456 e. The van der Waals surface area contributed by atoms with Gasteiger partial charge in [0.15, 0.2) is 5.69 Å². The van der Waals surface area contributed by atoms with Gasteiger partial charge in [0.1, 0.15) is 0 Å². The van der Waals surface area contributed by atoms with E-state index < -0.39 is 0 Å². The molecule has 17 heavy (non-hydrogen) atoms. The molecular weight excluding hydrogens is 212 g/mol. The molecule has 0 bridgehead atoms. The molecule has 0 aliphatic carbocycles. The Hall–Kier alpha value is -2.16. The van der Waals surface area contributed by atoms with Crippen molar-refractivity contribution < 1.29 is 8.98 Å². The standard InChI is InChI=1S/C14H13N2O/c1-10-5-3-4-6-11(10)13-14-12(7-8-17-14)15-9-16(13)2/h3-9H,1-2H3/q+1. The second-order valence-corrected chi connectivity index (χ2v) is 4.15. The van der Waals surface area contributed by atoms with Crippen LogP contribution >= 0.6 is 0 Å². The molecule has 2 aromatic heterocycles. The van der Waals surface area contributed by atoms with Crippen molar-refractivity contribution in [3.63, 3.8) is 0 Å². The molecule has 0 spiro atoms. The Morgan fingerprint density at radius 2 is 2.00 bits per heavy atom. The highest BCUT2D eigenvalue weighted by atomic mass is 16.3. The minimum atomic E-state index is 0.837. The van der Waals surface area contributed by atoms with E-state index in [4.69, 9.17) is 4.42 Å². The number of furan rings is 1. The van der Waals surface area contributed by atoms with Gasteiger partial charge in [0.05, 0.1) is 13.3 Å². The van der Waals surface area contributed by atoms with E-state index in [0.29, 0.717) is 0 Å². The van der Waals surface area contributed by atoms with Gasteiger partial charge in [-0.3, -0.25) is 0 Å². The zero-order valence-corrected chi connectivity index (χ0v) is 9.84. The first-order valence-corrected chi connectivity index (χ1v) is 5.55. The molecule has 0 saturated heterocycles. The Balaban J connectivity index is 2.40. The van der Waals surface area contributed by atoms with E-state index in [-0.39, 0.29) is 0 Å². The number of hydrogen-bond acceptors (Lipinski definition) is 2. The van der Waals surface area contributed by atoms with Gasteiger partial charge in [0.2, 0.25) is 11.1 Å². The maximum Gasteiger partial charge on any atom is 0.287 e. The van der Waals surface area contributed by atoms with E-state index in [2.05, 4.69) is 24.0 Å². The summed E-state index contributed by atoms with van der Waals surface area (Å²) in [6.07, 6.45) is 3.50. The molecule has 84 valence electrons. The van der Waals surface area contributed by atoms with Crippen molar-refractivity contribution in [1.29, 1.82) is 0 Å². The first kappa shape index (κ1) is 10.0. The Labute approximate surface area is 99.3 Å². The highest BCUT2D eigenvalue weighted by molar-refractivity contribution is 5.86. The number of fused-ring (bicyclic) bond motifs is 1. The van der Waals surface area contributed by atoms with Crippen LogP contribution in [-0.2, 0) is 7.05 Å². The van der Waals surface area contributed by atoms with Gasteiger partial charge in [0, 0.05) is 11.6 Å². The highest BCUT2D eigenvalue weighted by Gasteiger charge is 2.18. The average Bonchev–Trinajstić information content (AvgIpc) is 2.79. The molecule has 0 unspecified atom stereocenters. The molecule has 0 aliphatic heterocycles. The molecule has 0 N–H and O–H groups in total. The highest BCUT2D eigenvalue weighted by Crippen LogP contribution is 2.26. The van der Waals surface area contributed by atoms with Crippen LogP contribution in [0.2, 0.25) is 0 Å². The van der Waals surface area contributed by atoms with Gasteiger partial charge < -0.3 is 4.42 Å². The zero-order valence-electron chi connectivity index (χ0n) is 9.84. The summed E-state index contributed by atoms with van der Waals surface area (Å²) in [5.41, 5.74) is 5.20. The summed E-state index contributed by atoms with van der Waals surface area (Å²) in [7, 11) is 1.98. The van der Waals surface area contributed by atoms with Crippen molar-refractivity contribution in [3.05, 3.63) is 48.5 Å². The van der Waals surface area contributed by atoms with E-state index >= 15 is 0 Å². The topological polar surface area (TPSA) is 29.9 Å². The SMILES string of the molecule is Cc1ccccc1-c1c2occc2nc[n+]1C. The summed E-state index contributed by atoms with van der Waals surface area (Å²) in [6, 6.07) is 10.2. The van der Waals surface area contributed by atoms with E-state index in [1.807, 2.05) is 36.1 Å². The minimum absolute atomic E-state index is 0.837. The molecule has 1 aromatic carbocycles. The van der Waals surface area contributed by atoms with E-state index in [1.54, 1.807) is 6.26 Å². The molecule has 3 rings (SSSR count). The number of hydrogen-bond donors (Lipinski definition) is 0. The maximum absolute atomic E-state index is 5.56. The maximum atomic E-state index is 5.56. The van der Waals surface area contributed by atoms with E-state index in [1.165, 1.54) is 11.1 Å². The number of aromatic nitrogens is 2. The van der Waals surface area contributed by atoms with Gasteiger partial charge in [-0.15, -0.1) is 0 Å². The smallest absolute Gasteiger partial charge is 0.287 e. The summed E-state index contributed by atoms with van der Waals surface area (Å²) < 4.78 is 7.55. The lowest BCUT2D eigenvalue weighted by Crippen LogP contribution is -2.31. The normalized spacial score (nSPS) is 10.9. The van der Waals surface area contributed by atoms with Crippen molar-refractivity contribution >= 4 is 11.1 Å². The van der Waals surface area contributed by atoms with Gasteiger partial charge in [-0.1, -0.05) is 24.3 Å². The van der Waals surface area contributed by atoms with Crippen LogP contribution in [0.15, 0.2) is 47.3 Å². The molecule has 0 radical (unpaired) electrons. The third-order valence-corrected chi connectivity index (χ3v) is 2.98. The van der Waals surface area contributed by atoms with Gasteiger partial charge in [-0.05, 0) is 17.5 Å². The van der Waals surface area contributed by atoms with Crippen molar-refractivity contribution in [2.45, 2.75) is 6.92 Å². The molecular formula is C14H13N2O+.